The summed E-state index contributed by atoms with van der Waals surface area (Å²) in [6, 6.07) is 27.5. The third kappa shape index (κ3) is 3.68. The predicted octanol–water partition coefficient (Wildman–Crippen LogP) is 6.08. The van der Waals surface area contributed by atoms with Crippen LogP contribution in [0.4, 0.5) is 11.5 Å². The maximum Gasteiger partial charge on any atom is 0.153 e. The minimum Gasteiger partial charge on any atom is -0.339 e. The first-order valence-electron chi connectivity index (χ1n) is 9.16. The van der Waals surface area contributed by atoms with E-state index in [-0.39, 0.29) is 0 Å². The number of aromatic amines is 1. The molecule has 0 radical (unpaired) electrons. The molecule has 2 aromatic heterocycles. The molecule has 5 nitrogen and oxygen atoms in total. The lowest BCUT2D eigenvalue weighted by molar-refractivity contribution is 1.04. The molecule has 29 heavy (non-hydrogen) atoms. The lowest BCUT2D eigenvalue weighted by Crippen LogP contribution is -1.96. The van der Waals surface area contributed by atoms with E-state index in [4.69, 9.17) is 11.6 Å². The van der Waals surface area contributed by atoms with E-state index in [0.717, 1.165) is 39.4 Å². The fraction of sp³-hybridized carbons (Fsp3) is 0. The molecule has 0 fully saturated rings. The summed E-state index contributed by atoms with van der Waals surface area (Å²) in [5.74, 6) is 1.47. The summed E-state index contributed by atoms with van der Waals surface area (Å²) in [7, 11) is 0. The van der Waals surface area contributed by atoms with Crippen LogP contribution in [0.5, 0.6) is 0 Å². The zero-order valence-corrected chi connectivity index (χ0v) is 16.1. The molecule has 0 atom stereocenters. The highest BCUT2D eigenvalue weighted by Crippen LogP contribution is 2.26. The number of nitrogens with zero attached hydrogens (tertiary/aromatic N) is 3. The van der Waals surface area contributed by atoms with E-state index < -0.39 is 0 Å². The highest BCUT2D eigenvalue weighted by molar-refractivity contribution is 6.31. The van der Waals surface area contributed by atoms with Crippen molar-refractivity contribution in [1.29, 1.82) is 0 Å². The van der Waals surface area contributed by atoms with Gasteiger partial charge in [0.2, 0.25) is 0 Å². The summed E-state index contributed by atoms with van der Waals surface area (Å²) in [5, 5.41) is 12.6. The summed E-state index contributed by atoms with van der Waals surface area (Å²) in [5.41, 5.74) is 5.54. The molecule has 0 saturated heterocycles. The van der Waals surface area contributed by atoms with Crippen LogP contribution in [-0.2, 0) is 0 Å². The Labute approximate surface area is 172 Å². The van der Waals surface area contributed by atoms with Crippen molar-refractivity contribution in [3.63, 3.8) is 0 Å². The Bertz CT molecular complexity index is 1280. The van der Waals surface area contributed by atoms with Gasteiger partial charge in [-0.05, 0) is 42.5 Å². The standard InChI is InChI=1S/C23H16ClN5/c24-17-9-10-20-21(14-17)27-23(26-20)16-7-4-8-18(13-16)25-22-12-11-19(28-29-22)15-5-2-1-3-6-15/h1-14H,(H,25,29)(H,26,27). The monoisotopic (exact) mass is 397 g/mol. The zero-order chi connectivity index (χ0) is 19.6. The fourth-order valence-electron chi connectivity index (χ4n) is 3.17. The molecule has 6 heteroatoms. The van der Waals surface area contributed by atoms with E-state index in [0.29, 0.717) is 10.8 Å². The number of fused-ring (bicyclic) bond motifs is 1. The normalized spacial score (nSPS) is 10.9. The lowest BCUT2D eigenvalue weighted by atomic mass is 10.1. The second-order valence-corrected chi connectivity index (χ2v) is 7.06. The molecule has 0 spiro atoms. The third-order valence-corrected chi connectivity index (χ3v) is 4.82. The minimum absolute atomic E-state index is 0.679. The minimum atomic E-state index is 0.679. The second-order valence-electron chi connectivity index (χ2n) is 6.62. The number of imidazole rings is 1. The number of anilines is 2. The molecule has 0 bridgehead atoms. The van der Waals surface area contributed by atoms with E-state index in [2.05, 4.69) is 25.5 Å². The topological polar surface area (TPSA) is 66.5 Å². The summed E-state index contributed by atoms with van der Waals surface area (Å²) in [6.45, 7) is 0. The van der Waals surface area contributed by atoms with Gasteiger partial charge in [0.25, 0.3) is 0 Å². The maximum atomic E-state index is 6.07. The first-order chi connectivity index (χ1) is 14.2. The van der Waals surface area contributed by atoms with Crippen molar-refractivity contribution in [3.8, 4) is 22.6 Å². The predicted molar refractivity (Wildman–Crippen MR) is 117 cm³/mol. The quantitative estimate of drug-likeness (QED) is 0.385. The Morgan fingerprint density at radius 1 is 0.759 bits per heavy atom. The van der Waals surface area contributed by atoms with Crippen LogP contribution in [0, 0.1) is 0 Å². The number of aromatic nitrogens is 4. The van der Waals surface area contributed by atoms with Gasteiger partial charge in [-0.25, -0.2) is 4.98 Å². The number of nitrogens with one attached hydrogen (secondary N) is 2. The molecule has 2 heterocycles. The van der Waals surface area contributed by atoms with Crippen molar-refractivity contribution in [1.82, 2.24) is 20.2 Å². The molecule has 3 aromatic carbocycles. The van der Waals surface area contributed by atoms with Gasteiger partial charge in [-0.3, -0.25) is 0 Å². The Kier molecular flexibility index (Phi) is 4.42. The lowest BCUT2D eigenvalue weighted by Gasteiger charge is -2.07. The molecule has 0 aliphatic heterocycles. The van der Waals surface area contributed by atoms with Gasteiger partial charge < -0.3 is 10.3 Å². The Balaban J connectivity index is 1.39. The van der Waals surface area contributed by atoms with Crippen molar-refractivity contribution in [3.05, 3.63) is 90.0 Å². The number of halogens is 1. The zero-order valence-electron chi connectivity index (χ0n) is 15.3. The van der Waals surface area contributed by atoms with Crippen molar-refractivity contribution in [2.45, 2.75) is 0 Å². The van der Waals surface area contributed by atoms with Crippen LogP contribution in [0.1, 0.15) is 0 Å². The van der Waals surface area contributed by atoms with Crippen LogP contribution >= 0.6 is 11.6 Å². The van der Waals surface area contributed by atoms with Gasteiger partial charge in [0, 0.05) is 21.8 Å². The largest absolute Gasteiger partial charge is 0.339 e. The molecular formula is C23H16ClN5. The van der Waals surface area contributed by atoms with Crippen LogP contribution in [0.3, 0.4) is 0 Å². The van der Waals surface area contributed by atoms with Crippen LogP contribution in [0.2, 0.25) is 5.02 Å². The van der Waals surface area contributed by atoms with Gasteiger partial charge >= 0.3 is 0 Å². The molecule has 0 saturated carbocycles. The van der Waals surface area contributed by atoms with Gasteiger partial charge in [0.05, 0.1) is 16.7 Å². The van der Waals surface area contributed by atoms with Gasteiger partial charge in [0.1, 0.15) is 5.82 Å². The number of H-pyrrole nitrogens is 1. The van der Waals surface area contributed by atoms with Crippen molar-refractivity contribution in [2.24, 2.45) is 0 Å². The van der Waals surface area contributed by atoms with E-state index in [1.165, 1.54) is 0 Å². The van der Waals surface area contributed by atoms with Gasteiger partial charge in [-0.2, -0.15) is 0 Å². The van der Waals surface area contributed by atoms with Crippen LogP contribution < -0.4 is 5.32 Å². The average molecular weight is 398 g/mol. The van der Waals surface area contributed by atoms with Crippen LogP contribution in [0.15, 0.2) is 84.9 Å². The Hall–Kier alpha value is -3.70. The molecule has 5 rings (SSSR count). The molecule has 0 aliphatic rings. The number of hydrogen-bond donors (Lipinski definition) is 2. The third-order valence-electron chi connectivity index (χ3n) is 4.59. The fourth-order valence-corrected chi connectivity index (χ4v) is 3.34. The van der Waals surface area contributed by atoms with E-state index in [9.17, 15) is 0 Å². The number of rotatable bonds is 4. The van der Waals surface area contributed by atoms with Crippen molar-refractivity contribution < 1.29 is 0 Å². The first kappa shape index (κ1) is 17.4. The van der Waals surface area contributed by atoms with Crippen molar-refractivity contribution >= 4 is 34.1 Å². The molecule has 140 valence electrons. The molecule has 0 aliphatic carbocycles. The van der Waals surface area contributed by atoms with Crippen LogP contribution in [0.25, 0.3) is 33.7 Å². The Morgan fingerprint density at radius 2 is 1.62 bits per heavy atom. The van der Waals surface area contributed by atoms with Gasteiger partial charge in [-0.1, -0.05) is 54.1 Å². The number of benzene rings is 3. The SMILES string of the molecule is Clc1ccc2nc(-c3cccc(Nc4ccc(-c5ccccc5)nn4)c3)[nH]c2c1. The summed E-state index contributed by atoms with van der Waals surface area (Å²) in [6.07, 6.45) is 0. The first-order valence-corrected chi connectivity index (χ1v) is 9.54. The Morgan fingerprint density at radius 3 is 2.45 bits per heavy atom. The average Bonchev–Trinajstić information content (AvgIpc) is 3.18. The van der Waals surface area contributed by atoms with E-state index >= 15 is 0 Å². The van der Waals surface area contributed by atoms with Gasteiger partial charge in [0.15, 0.2) is 5.82 Å². The molecule has 0 amide bonds. The van der Waals surface area contributed by atoms with E-state index in [1.807, 2.05) is 84.9 Å². The molecule has 0 unspecified atom stereocenters. The second kappa shape index (κ2) is 7.37. The smallest absolute Gasteiger partial charge is 0.153 e. The van der Waals surface area contributed by atoms with Crippen molar-refractivity contribution in [2.75, 3.05) is 5.32 Å². The van der Waals surface area contributed by atoms with E-state index in [1.54, 1.807) is 0 Å². The maximum absolute atomic E-state index is 6.07. The van der Waals surface area contributed by atoms with Gasteiger partial charge in [-0.15, -0.1) is 10.2 Å². The highest BCUT2D eigenvalue weighted by Gasteiger charge is 2.07. The molecule has 2 N–H and O–H groups in total. The van der Waals surface area contributed by atoms with Crippen LogP contribution in [-0.4, -0.2) is 20.2 Å². The molecule has 5 aromatic rings. The summed E-state index contributed by atoms with van der Waals surface area (Å²) >= 11 is 6.07. The highest BCUT2D eigenvalue weighted by atomic mass is 35.5. The molecular weight excluding hydrogens is 382 g/mol. The summed E-state index contributed by atoms with van der Waals surface area (Å²) < 4.78 is 0. The summed E-state index contributed by atoms with van der Waals surface area (Å²) in [4.78, 5) is 7.97. The number of hydrogen-bond acceptors (Lipinski definition) is 4.